The number of nitrogens with zero attached hydrogens (tertiary/aromatic N) is 1. The van der Waals surface area contributed by atoms with E-state index in [0.717, 1.165) is 22.4 Å². The molecule has 142 valence electrons. The van der Waals surface area contributed by atoms with E-state index in [4.69, 9.17) is 4.74 Å². The second-order valence-electron chi connectivity index (χ2n) is 6.46. The number of carbonyl (C=O) groups is 2. The summed E-state index contributed by atoms with van der Waals surface area (Å²) in [6.45, 7) is 4.21. The van der Waals surface area contributed by atoms with E-state index >= 15 is 0 Å². The second kappa shape index (κ2) is 9.57. The minimum atomic E-state index is -0.605. The van der Waals surface area contributed by atoms with Crippen LogP contribution in [0.2, 0.25) is 0 Å². The van der Waals surface area contributed by atoms with Gasteiger partial charge >= 0.3 is 0 Å². The van der Waals surface area contributed by atoms with E-state index < -0.39 is 6.04 Å². The summed E-state index contributed by atoms with van der Waals surface area (Å²) in [5, 5.41) is 2.71. The van der Waals surface area contributed by atoms with Crippen molar-refractivity contribution >= 4 is 17.9 Å². The standard InChI is InChI=1S/C22H26N2O3/c1-16-7-5-6-8-19(16)15-24(3)22(26)17(2)23-21(25)14-11-18-9-12-20(27-4)13-10-18/h5-14,17H,15H2,1-4H3,(H,23,25)/b14-11+. The molecule has 0 saturated carbocycles. The molecule has 1 N–H and O–H groups in total. The topological polar surface area (TPSA) is 58.6 Å². The van der Waals surface area contributed by atoms with Gasteiger partial charge < -0.3 is 15.0 Å². The molecular weight excluding hydrogens is 340 g/mol. The van der Waals surface area contributed by atoms with Gasteiger partial charge in [0.1, 0.15) is 11.8 Å². The fourth-order valence-corrected chi connectivity index (χ4v) is 2.66. The molecule has 0 aromatic heterocycles. The Kier molecular flexibility index (Phi) is 7.17. The van der Waals surface area contributed by atoms with Crippen LogP contribution in [0.1, 0.15) is 23.6 Å². The number of aryl methyl sites for hydroxylation is 1. The van der Waals surface area contributed by atoms with E-state index in [9.17, 15) is 9.59 Å². The van der Waals surface area contributed by atoms with Gasteiger partial charge in [-0.3, -0.25) is 9.59 Å². The van der Waals surface area contributed by atoms with Gasteiger partial charge in [-0.05, 0) is 48.7 Å². The van der Waals surface area contributed by atoms with Crippen LogP contribution in [0.5, 0.6) is 5.75 Å². The van der Waals surface area contributed by atoms with E-state index in [1.165, 1.54) is 6.08 Å². The molecule has 0 bridgehead atoms. The minimum Gasteiger partial charge on any atom is -0.497 e. The molecule has 2 aromatic carbocycles. The van der Waals surface area contributed by atoms with Crippen LogP contribution >= 0.6 is 0 Å². The van der Waals surface area contributed by atoms with Crippen molar-refractivity contribution in [2.75, 3.05) is 14.2 Å². The summed E-state index contributed by atoms with van der Waals surface area (Å²) in [6, 6.07) is 14.7. The van der Waals surface area contributed by atoms with Crippen molar-refractivity contribution in [3.8, 4) is 5.75 Å². The average molecular weight is 366 g/mol. The summed E-state index contributed by atoms with van der Waals surface area (Å²) in [5.41, 5.74) is 3.10. The maximum Gasteiger partial charge on any atom is 0.244 e. The van der Waals surface area contributed by atoms with Crippen LogP contribution in [0.4, 0.5) is 0 Å². The Morgan fingerprint density at radius 2 is 1.81 bits per heavy atom. The number of nitrogens with one attached hydrogen (secondary N) is 1. The summed E-state index contributed by atoms with van der Waals surface area (Å²) >= 11 is 0. The molecule has 0 aliphatic heterocycles. The lowest BCUT2D eigenvalue weighted by molar-refractivity contribution is -0.134. The zero-order valence-electron chi connectivity index (χ0n) is 16.2. The van der Waals surface area contributed by atoms with Crippen molar-refractivity contribution < 1.29 is 14.3 Å². The molecule has 5 heteroatoms. The second-order valence-corrected chi connectivity index (χ2v) is 6.46. The van der Waals surface area contributed by atoms with Gasteiger partial charge in [0.25, 0.3) is 0 Å². The molecule has 1 atom stereocenters. The van der Waals surface area contributed by atoms with Crippen molar-refractivity contribution in [2.45, 2.75) is 26.4 Å². The van der Waals surface area contributed by atoms with E-state index in [2.05, 4.69) is 5.32 Å². The minimum absolute atomic E-state index is 0.135. The van der Waals surface area contributed by atoms with Crippen LogP contribution in [0, 0.1) is 6.92 Å². The first kappa shape index (κ1) is 20.2. The maximum atomic E-state index is 12.5. The Bertz CT molecular complexity index is 813. The fraction of sp³-hybridized carbons (Fsp3) is 0.273. The lowest BCUT2D eigenvalue weighted by atomic mass is 10.1. The fourth-order valence-electron chi connectivity index (χ4n) is 2.66. The lowest BCUT2D eigenvalue weighted by Gasteiger charge is -2.22. The third-order valence-electron chi connectivity index (χ3n) is 4.32. The predicted octanol–water partition coefficient (Wildman–Crippen LogP) is 3.18. The molecule has 0 aliphatic rings. The van der Waals surface area contributed by atoms with Crippen molar-refractivity contribution in [3.05, 3.63) is 71.3 Å². The summed E-state index contributed by atoms with van der Waals surface area (Å²) in [5.74, 6) is 0.313. The van der Waals surface area contributed by atoms with E-state index in [1.54, 1.807) is 32.1 Å². The molecule has 0 heterocycles. The highest BCUT2D eigenvalue weighted by molar-refractivity contribution is 5.95. The van der Waals surface area contributed by atoms with Crippen molar-refractivity contribution in [1.29, 1.82) is 0 Å². The third kappa shape index (κ3) is 5.99. The molecule has 27 heavy (non-hydrogen) atoms. The van der Waals surface area contributed by atoms with Gasteiger partial charge in [0.15, 0.2) is 0 Å². The summed E-state index contributed by atoms with van der Waals surface area (Å²) in [6.07, 6.45) is 3.12. The van der Waals surface area contributed by atoms with E-state index in [-0.39, 0.29) is 11.8 Å². The molecule has 5 nitrogen and oxygen atoms in total. The van der Waals surface area contributed by atoms with Gasteiger partial charge in [0, 0.05) is 19.7 Å². The Labute approximate surface area is 160 Å². The van der Waals surface area contributed by atoms with Crippen LogP contribution in [0.25, 0.3) is 6.08 Å². The van der Waals surface area contributed by atoms with Crippen molar-refractivity contribution in [1.82, 2.24) is 10.2 Å². The predicted molar refractivity (Wildman–Crippen MR) is 107 cm³/mol. The molecule has 2 amide bonds. The molecule has 0 fully saturated rings. The summed E-state index contributed by atoms with van der Waals surface area (Å²) in [7, 11) is 3.34. The zero-order chi connectivity index (χ0) is 19.8. The first-order valence-electron chi connectivity index (χ1n) is 8.83. The monoisotopic (exact) mass is 366 g/mol. The molecule has 0 radical (unpaired) electrons. The van der Waals surface area contributed by atoms with Crippen LogP contribution < -0.4 is 10.1 Å². The Balaban J connectivity index is 1.89. The highest BCUT2D eigenvalue weighted by Gasteiger charge is 2.19. The average Bonchev–Trinajstić information content (AvgIpc) is 2.67. The zero-order valence-corrected chi connectivity index (χ0v) is 16.2. The van der Waals surface area contributed by atoms with E-state index in [0.29, 0.717) is 6.54 Å². The van der Waals surface area contributed by atoms with Crippen LogP contribution in [-0.4, -0.2) is 36.9 Å². The van der Waals surface area contributed by atoms with Gasteiger partial charge in [-0.15, -0.1) is 0 Å². The number of hydrogen-bond donors (Lipinski definition) is 1. The number of methoxy groups -OCH3 is 1. The number of likely N-dealkylation sites (N-methyl/N-ethyl adjacent to an activating group) is 1. The van der Waals surface area contributed by atoms with Gasteiger partial charge in [0.05, 0.1) is 7.11 Å². The summed E-state index contributed by atoms with van der Waals surface area (Å²) in [4.78, 5) is 26.2. The van der Waals surface area contributed by atoms with Gasteiger partial charge in [0.2, 0.25) is 11.8 Å². The molecule has 1 unspecified atom stereocenters. The number of ether oxygens (including phenoxy) is 1. The molecule has 2 rings (SSSR count). The first-order valence-corrected chi connectivity index (χ1v) is 8.83. The highest BCUT2D eigenvalue weighted by atomic mass is 16.5. The summed E-state index contributed by atoms with van der Waals surface area (Å²) < 4.78 is 5.10. The smallest absolute Gasteiger partial charge is 0.244 e. The van der Waals surface area contributed by atoms with Crippen molar-refractivity contribution in [2.24, 2.45) is 0 Å². The molecular formula is C22H26N2O3. The quantitative estimate of drug-likeness (QED) is 0.766. The maximum absolute atomic E-state index is 12.5. The number of carbonyl (C=O) groups excluding carboxylic acids is 2. The van der Waals surface area contributed by atoms with Crippen LogP contribution in [0.15, 0.2) is 54.6 Å². The molecule has 0 aliphatic carbocycles. The van der Waals surface area contributed by atoms with Crippen LogP contribution in [0.3, 0.4) is 0 Å². The Hall–Kier alpha value is -3.08. The third-order valence-corrected chi connectivity index (χ3v) is 4.32. The van der Waals surface area contributed by atoms with Crippen LogP contribution in [-0.2, 0) is 16.1 Å². The molecule has 0 saturated heterocycles. The van der Waals surface area contributed by atoms with Gasteiger partial charge in [-0.25, -0.2) is 0 Å². The number of hydrogen-bond acceptors (Lipinski definition) is 3. The number of benzene rings is 2. The molecule has 2 aromatic rings. The molecule has 0 spiro atoms. The SMILES string of the molecule is COc1ccc(/C=C/C(=O)NC(C)C(=O)N(C)Cc2ccccc2C)cc1. The number of rotatable bonds is 7. The van der Waals surface area contributed by atoms with Crippen molar-refractivity contribution in [3.63, 3.8) is 0 Å². The lowest BCUT2D eigenvalue weighted by Crippen LogP contribution is -2.44. The normalized spacial score (nSPS) is 11.9. The Morgan fingerprint density at radius 3 is 2.44 bits per heavy atom. The van der Waals surface area contributed by atoms with E-state index in [1.807, 2.05) is 55.5 Å². The number of amides is 2. The highest BCUT2D eigenvalue weighted by Crippen LogP contribution is 2.12. The Morgan fingerprint density at radius 1 is 1.15 bits per heavy atom. The van der Waals surface area contributed by atoms with Gasteiger partial charge in [-0.1, -0.05) is 36.4 Å². The largest absolute Gasteiger partial charge is 0.497 e. The first-order chi connectivity index (χ1) is 12.9. The van der Waals surface area contributed by atoms with Gasteiger partial charge in [-0.2, -0.15) is 0 Å².